The van der Waals surface area contributed by atoms with E-state index < -0.39 is 0 Å². The maximum absolute atomic E-state index is 4.26. The molecule has 0 aliphatic carbocycles. The van der Waals surface area contributed by atoms with Gasteiger partial charge in [-0.1, -0.05) is 6.42 Å². The molecule has 1 N–H and O–H groups in total. The number of hydrogen-bond donors (Lipinski definition) is 1. The average Bonchev–Trinajstić information content (AvgIpc) is 2.57. The van der Waals surface area contributed by atoms with Crippen molar-refractivity contribution in [2.75, 3.05) is 18.1 Å². The third kappa shape index (κ3) is 1.61. The average molecular weight is 218 g/mol. The predicted molar refractivity (Wildman–Crippen MR) is 60.0 cm³/mol. The van der Waals surface area contributed by atoms with Crippen molar-refractivity contribution in [3.8, 4) is 0 Å². The maximum Gasteiger partial charge on any atom is 0.262 e. The van der Waals surface area contributed by atoms with E-state index in [2.05, 4.69) is 20.7 Å². The first kappa shape index (κ1) is 9.53. The van der Waals surface area contributed by atoms with Gasteiger partial charge in [-0.3, -0.25) is 5.01 Å². The van der Waals surface area contributed by atoms with Crippen LogP contribution in [0.5, 0.6) is 0 Å². The molecule has 2 aromatic heterocycles. The minimum atomic E-state index is 0.775. The Kier molecular flexibility index (Phi) is 2.41. The number of hydrazine groups is 1. The Morgan fingerprint density at radius 3 is 3.19 bits per heavy atom. The zero-order chi connectivity index (χ0) is 10.8. The van der Waals surface area contributed by atoms with E-state index in [9.17, 15) is 0 Å². The third-order valence-electron chi connectivity index (χ3n) is 2.76. The van der Waals surface area contributed by atoms with E-state index in [1.54, 1.807) is 10.7 Å². The third-order valence-corrected chi connectivity index (χ3v) is 2.76. The second kappa shape index (κ2) is 4.05. The zero-order valence-corrected chi connectivity index (χ0v) is 9.00. The number of rotatable bonds is 1. The molecule has 1 fully saturated rings. The summed E-state index contributed by atoms with van der Waals surface area (Å²) in [6.07, 6.45) is 5.39. The normalized spacial score (nSPS) is 17.6. The second-order valence-electron chi connectivity index (χ2n) is 3.91. The Labute approximate surface area is 93.2 Å². The van der Waals surface area contributed by atoms with Crippen LogP contribution >= 0.6 is 0 Å². The lowest BCUT2D eigenvalue weighted by atomic mass is 10.2. The molecule has 3 heterocycles. The largest absolute Gasteiger partial charge is 0.275 e. The van der Waals surface area contributed by atoms with Crippen LogP contribution in [0.4, 0.5) is 5.95 Å². The maximum atomic E-state index is 4.26. The van der Waals surface area contributed by atoms with Gasteiger partial charge in [0, 0.05) is 19.3 Å². The van der Waals surface area contributed by atoms with Crippen LogP contribution in [0.1, 0.15) is 19.3 Å². The number of anilines is 1. The Morgan fingerprint density at radius 1 is 1.19 bits per heavy atom. The summed E-state index contributed by atoms with van der Waals surface area (Å²) in [5.74, 6) is 0.775. The summed E-state index contributed by atoms with van der Waals surface area (Å²) >= 11 is 0. The monoisotopic (exact) mass is 218 g/mol. The van der Waals surface area contributed by atoms with Crippen molar-refractivity contribution in [1.29, 1.82) is 0 Å². The highest BCUT2D eigenvalue weighted by atomic mass is 15.6. The summed E-state index contributed by atoms with van der Waals surface area (Å²) in [4.78, 5) is 0. The lowest BCUT2D eigenvalue weighted by Crippen LogP contribution is -2.39. The van der Waals surface area contributed by atoms with E-state index in [4.69, 9.17) is 0 Å². The Balaban J connectivity index is 1.97. The minimum absolute atomic E-state index is 0.775. The van der Waals surface area contributed by atoms with Crippen LogP contribution in [0.25, 0.3) is 5.65 Å². The molecular weight excluding hydrogens is 204 g/mol. The number of fused-ring (bicyclic) bond motifs is 1. The molecule has 3 rings (SSSR count). The summed E-state index contributed by atoms with van der Waals surface area (Å²) in [6, 6.07) is 3.77. The van der Waals surface area contributed by atoms with Gasteiger partial charge in [0.2, 0.25) is 0 Å². The Morgan fingerprint density at radius 2 is 2.19 bits per heavy atom. The van der Waals surface area contributed by atoms with Crippen molar-refractivity contribution in [2.45, 2.75) is 19.3 Å². The lowest BCUT2D eigenvalue weighted by molar-refractivity contribution is 0.632. The number of hydrogen-bond acceptors (Lipinski definition) is 5. The molecule has 0 bridgehead atoms. The molecule has 0 spiro atoms. The predicted octanol–water partition coefficient (Wildman–Crippen LogP) is 0.619. The second-order valence-corrected chi connectivity index (χ2v) is 3.91. The van der Waals surface area contributed by atoms with Gasteiger partial charge in [-0.15, -0.1) is 10.2 Å². The van der Waals surface area contributed by atoms with E-state index in [1.165, 1.54) is 19.3 Å². The highest BCUT2D eigenvalue weighted by molar-refractivity contribution is 5.43. The summed E-state index contributed by atoms with van der Waals surface area (Å²) in [7, 11) is 0. The quantitative estimate of drug-likeness (QED) is 0.760. The van der Waals surface area contributed by atoms with E-state index in [-0.39, 0.29) is 0 Å². The molecular formula is C10H14N6. The molecule has 1 saturated heterocycles. The van der Waals surface area contributed by atoms with Crippen LogP contribution in [-0.4, -0.2) is 32.9 Å². The molecule has 2 aromatic rings. The lowest BCUT2D eigenvalue weighted by Gasteiger charge is -2.19. The first-order valence-corrected chi connectivity index (χ1v) is 5.62. The van der Waals surface area contributed by atoms with Crippen molar-refractivity contribution < 1.29 is 0 Å². The highest BCUT2D eigenvalue weighted by Crippen LogP contribution is 2.12. The summed E-state index contributed by atoms with van der Waals surface area (Å²) in [6.45, 7) is 1.94. The van der Waals surface area contributed by atoms with Crippen molar-refractivity contribution >= 4 is 11.6 Å². The van der Waals surface area contributed by atoms with Gasteiger partial charge in [0.15, 0.2) is 5.65 Å². The zero-order valence-electron chi connectivity index (χ0n) is 9.00. The van der Waals surface area contributed by atoms with Crippen LogP contribution in [0.15, 0.2) is 18.3 Å². The fourth-order valence-electron chi connectivity index (χ4n) is 1.94. The minimum Gasteiger partial charge on any atom is -0.275 e. The molecule has 0 saturated carbocycles. The van der Waals surface area contributed by atoms with Crippen LogP contribution < -0.4 is 10.4 Å². The molecule has 0 amide bonds. The number of nitrogens with zero attached hydrogens (tertiary/aromatic N) is 5. The van der Waals surface area contributed by atoms with Crippen LogP contribution in [0, 0.1) is 0 Å². The van der Waals surface area contributed by atoms with Gasteiger partial charge < -0.3 is 0 Å². The number of aromatic nitrogens is 4. The topological polar surface area (TPSA) is 58.4 Å². The van der Waals surface area contributed by atoms with Gasteiger partial charge in [-0.25, -0.2) is 5.43 Å². The van der Waals surface area contributed by atoms with E-state index in [0.717, 1.165) is 24.7 Å². The molecule has 0 aromatic carbocycles. The van der Waals surface area contributed by atoms with Crippen LogP contribution in [0.3, 0.4) is 0 Å². The van der Waals surface area contributed by atoms with Gasteiger partial charge in [-0.2, -0.15) is 9.61 Å². The summed E-state index contributed by atoms with van der Waals surface area (Å²) < 4.78 is 1.76. The first-order valence-electron chi connectivity index (χ1n) is 5.62. The van der Waals surface area contributed by atoms with Crippen molar-refractivity contribution in [3.63, 3.8) is 0 Å². The molecule has 1 aliphatic heterocycles. The molecule has 6 nitrogen and oxygen atoms in total. The van der Waals surface area contributed by atoms with E-state index >= 15 is 0 Å². The summed E-state index contributed by atoms with van der Waals surface area (Å²) in [5, 5.41) is 14.6. The van der Waals surface area contributed by atoms with Crippen LogP contribution in [0.2, 0.25) is 0 Å². The van der Waals surface area contributed by atoms with Gasteiger partial charge in [0.25, 0.3) is 5.95 Å². The molecule has 0 unspecified atom stereocenters. The van der Waals surface area contributed by atoms with Gasteiger partial charge in [0.05, 0.1) is 0 Å². The van der Waals surface area contributed by atoms with Gasteiger partial charge in [0.1, 0.15) is 0 Å². The van der Waals surface area contributed by atoms with E-state index in [1.807, 2.05) is 17.1 Å². The fourth-order valence-corrected chi connectivity index (χ4v) is 1.94. The van der Waals surface area contributed by atoms with Gasteiger partial charge in [-0.05, 0) is 25.0 Å². The fraction of sp³-hybridized carbons (Fsp3) is 0.500. The Hall–Kier alpha value is -1.69. The molecule has 16 heavy (non-hydrogen) atoms. The molecule has 0 radical (unpaired) electrons. The number of nitrogens with one attached hydrogen (secondary N) is 1. The SMILES string of the molecule is c1cnn2c(N3CCCCCN3)nnc2c1. The molecule has 6 heteroatoms. The smallest absolute Gasteiger partial charge is 0.262 e. The molecule has 84 valence electrons. The molecule has 1 aliphatic rings. The highest BCUT2D eigenvalue weighted by Gasteiger charge is 2.15. The van der Waals surface area contributed by atoms with Crippen molar-refractivity contribution in [1.82, 2.24) is 25.2 Å². The molecule has 0 atom stereocenters. The summed E-state index contributed by atoms with van der Waals surface area (Å²) in [5.41, 5.74) is 4.13. The standard InChI is InChI=1S/C10H14N6/c1-2-6-11-15(8-3-1)10-14-13-9-5-4-7-12-16(9)10/h4-5,7,11H,1-3,6,8H2. The van der Waals surface area contributed by atoms with Crippen molar-refractivity contribution in [2.24, 2.45) is 0 Å². The Bertz CT molecular complexity index is 471. The first-order chi connectivity index (χ1) is 7.95. The van der Waals surface area contributed by atoms with Crippen molar-refractivity contribution in [3.05, 3.63) is 18.3 Å². The van der Waals surface area contributed by atoms with Gasteiger partial charge >= 0.3 is 0 Å². The van der Waals surface area contributed by atoms with Crippen LogP contribution in [-0.2, 0) is 0 Å². The van der Waals surface area contributed by atoms with E-state index in [0.29, 0.717) is 0 Å².